The molecule has 1 N–H and O–H groups in total. The highest BCUT2D eigenvalue weighted by molar-refractivity contribution is 5.93. The highest BCUT2D eigenvalue weighted by Gasteiger charge is 2.05. The van der Waals surface area contributed by atoms with Gasteiger partial charge in [0.05, 0.1) is 13.2 Å². The fraction of sp³-hybridized carbons (Fsp3) is 0.417. The van der Waals surface area contributed by atoms with Crippen molar-refractivity contribution >= 4 is 11.6 Å². The van der Waals surface area contributed by atoms with E-state index in [9.17, 15) is 4.79 Å². The molecule has 1 amide bonds. The molecule has 0 aromatic heterocycles. The monoisotopic (exact) mass is 238 g/mol. The van der Waals surface area contributed by atoms with E-state index in [0.717, 1.165) is 5.69 Å². The molecule has 0 aliphatic heterocycles. The van der Waals surface area contributed by atoms with E-state index in [1.807, 2.05) is 31.1 Å². The molecular weight excluding hydrogens is 220 g/mol. The normalized spacial score (nSPS) is 10.1. The fourth-order valence-electron chi connectivity index (χ4n) is 1.21. The molecule has 0 heterocycles. The number of hydrogen-bond acceptors (Lipinski definition) is 4. The van der Waals surface area contributed by atoms with E-state index in [2.05, 4.69) is 5.48 Å². The number of rotatable bonds is 6. The highest BCUT2D eigenvalue weighted by Crippen LogP contribution is 2.11. The van der Waals surface area contributed by atoms with Crippen LogP contribution < -0.4 is 10.4 Å². The van der Waals surface area contributed by atoms with Gasteiger partial charge in [-0.05, 0) is 24.3 Å². The van der Waals surface area contributed by atoms with E-state index in [0.29, 0.717) is 18.8 Å². The Morgan fingerprint density at radius 2 is 1.88 bits per heavy atom. The smallest absolute Gasteiger partial charge is 0.274 e. The third-order valence-electron chi connectivity index (χ3n) is 2.20. The number of amides is 1. The van der Waals surface area contributed by atoms with Gasteiger partial charge in [-0.2, -0.15) is 0 Å². The van der Waals surface area contributed by atoms with Crippen LogP contribution in [0.5, 0.6) is 0 Å². The van der Waals surface area contributed by atoms with Gasteiger partial charge in [-0.3, -0.25) is 9.63 Å². The molecule has 1 aromatic rings. The molecule has 94 valence electrons. The molecule has 0 fully saturated rings. The molecule has 0 radical (unpaired) electrons. The van der Waals surface area contributed by atoms with Gasteiger partial charge in [0, 0.05) is 32.5 Å². The predicted octanol–water partition coefficient (Wildman–Crippen LogP) is 1.06. The van der Waals surface area contributed by atoms with E-state index in [-0.39, 0.29) is 5.91 Å². The van der Waals surface area contributed by atoms with Gasteiger partial charge < -0.3 is 9.64 Å². The minimum Gasteiger partial charge on any atom is -0.382 e. The van der Waals surface area contributed by atoms with Crippen LogP contribution in [-0.2, 0) is 9.57 Å². The van der Waals surface area contributed by atoms with Gasteiger partial charge in [-0.25, -0.2) is 5.48 Å². The summed E-state index contributed by atoms with van der Waals surface area (Å²) >= 11 is 0. The van der Waals surface area contributed by atoms with Gasteiger partial charge in [-0.15, -0.1) is 0 Å². The van der Waals surface area contributed by atoms with E-state index in [4.69, 9.17) is 9.57 Å². The van der Waals surface area contributed by atoms with E-state index in [1.165, 1.54) is 0 Å². The molecule has 0 bridgehead atoms. The number of hydroxylamine groups is 1. The lowest BCUT2D eigenvalue weighted by Gasteiger charge is -2.12. The number of anilines is 1. The summed E-state index contributed by atoms with van der Waals surface area (Å²) in [6, 6.07) is 7.27. The Kier molecular flexibility index (Phi) is 5.45. The lowest BCUT2D eigenvalue weighted by Crippen LogP contribution is -2.25. The Bertz CT molecular complexity index is 349. The van der Waals surface area contributed by atoms with Gasteiger partial charge in [0.1, 0.15) is 0 Å². The number of hydrogen-bond donors (Lipinski definition) is 1. The average Bonchev–Trinajstić information content (AvgIpc) is 2.34. The molecule has 1 aromatic carbocycles. The number of ether oxygens (including phenoxy) is 1. The minimum absolute atomic E-state index is 0.258. The van der Waals surface area contributed by atoms with Crippen molar-refractivity contribution in [3.63, 3.8) is 0 Å². The van der Waals surface area contributed by atoms with Crippen molar-refractivity contribution in [1.82, 2.24) is 5.48 Å². The maximum atomic E-state index is 11.6. The van der Waals surface area contributed by atoms with Crippen molar-refractivity contribution in [1.29, 1.82) is 0 Å². The van der Waals surface area contributed by atoms with Crippen molar-refractivity contribution in [3.8, 4) is 0 Å². The molecule has 0 saturated carbocycles. The third kappa shape index (κ3) is 4.42. The Morgan fingerprint density at radius 1 is 1.24 bits per heavy atom. The molecule has 5 nitrogen and oxygen atoms in total. The van der Waals surface area contributed by atoms with E-state index >= 15 is 0 Å². The van der Waals surface area contributed by atoms with Gasteiger partial charge in [0.2, 0.25) is 0 Å². The first-order valence-electron chi connectivity index (χ1n) is 5.33. The number of carbonyl (C=O) groups is 1. The molecule has 1 rings (SSSR count). The fourth-order valence-corrected chi connectivity index (χ4v) is 1.21. The summed E-state index contributed by atoms with van der Waals surface area (Å²) in [6.07, 6.45) is 0. The quantitative estimate of drug-likeness (QED) is 0.595. The van der Waals surface area contributed by atoms with E-state index in [1.54, 1.807) is 19.2 Å². The van der Waals surface area contributed by atoms with Crippen LogP contribution in [0.4, 0.5) is 5.69 Å². The maximum Gasteiger partial charge on any atom is 0.274 e. The first kappa shape index (κ1) is 13.5. The highest BCUT2D eigenvalue weighted by atomic mass is 16.7. The summed E-state index contributed by atoms with van der Waals surface area (Å²) < 4.78 is 4.79. The van der Waals surface area contributed by atoms with Crippen LogP contribution in [0.3, 0.4) is 0 Å². The van der Waals surface area contributed by atoms with Gasteiger partial charge >= 0.3 is 0 Å². The Morgan fingerprint density at radius 3 is 2.41 bits per heavy atom. The van der Waals surface area contributed by atoms with Crippen LogP contribution in [0.2, 0.25) is 0 Å². The first-order valence-corrected chi connectivity index (χ1v) is 5.33. The van der Waals surface area contributed by atoms with Gasteiger partial charge in [0.25, 0.3) is 5.91 Å². The van der Waals surface area contributed by atoms with Crippen LogP contribution in [-0.4, -0.2) is 40.3 Å². The van der Waals surface area contributed by atoms with Crippen molar-refractivity contribution in [2.75, 3.05) is 39.3 Å². The Balaban J connectivity index is 2.46. The molecule has 0 spiro atoms. The summed E-state index contributed by atoms with van der Waals surface area (Å²) in [5, 5.41) is 0. The average molecular weight is 238 g/mol. The first-order chi connectivity index (χ1) is 8.15. The molecule has 0 unspecified atom stereocenters. The second-order valence-electron chi connectivity index (χ2n) is 3.71. The van der Waals surface area contributed by atoms with Gasteiger partial charge in [0.15, 0.2) is 0 Å². The van der Waals surface area contributed by atoms with E-state index < -0.39 is 0 Å². The standard InChI is InChI=1S/C12H18N2O3/c1-14(2)11-6-4-10(5-7-11)12(15)13-17-9-8-16-3/h4-7H,8-9H2,1-3H3,(H,13,15). The molecule has 0 atom stereocenters. The summed E-state index contributed by atoms with van der Waals surface area (Å²) in [5.74, 6) is -0.258. The molecule has 5 heteroatoms. The zero-order valence-corrected chi connectivity index (χ0v) is 10.4. The zero-order chi connectivity index (χ0) is 12.7. The summed E-state index contributed by atoms with van der Waals surface area (Å²) in [5.41, 5.74) is 3.96. The Labute approximate surface area is 101 Å². The number of nitrogens with one attached hydrogen (secondary N) is 1. The zero-order valence-electron chi connectivity index (χ0n) is 10.4. The molecular formula is C12H18N2O3. The van der Waals surface area contributed by atoms with Crippen LogP contribution >= 0.6 is 0 Å². The molecule has 0 saturated heterocycles. The molecule has 17 heavy (non-hydrogen) atoms. The second kappa shape index (κ2) is 6.88. The molecule has 0 aliphatic rings. The SMILES string of the molecule is COCCONC(=O)c1ccc(N(C)C)cc1. The van der Waals surface area contributed by atoms with Crippen LogP contribution in [0.1, 0.15) is 10.4 Å². The van der Waals surface area contributed by atoms with Crippen LogP contribution in [0.15, 0.2) is 24.3 Å². The number of methoxy groups -OCH3 is 1. The van der Waals surface area contributed by atoms with Crippen molar-refractivity contribution in [2.45, 2.75) is 0 Å². The van der Waals surface area contributed by atoms with Crippen LogP contribution in [0.25, 0.3) is 0 Å². The largest absolute Gasteiger partial charge is 0.382 e. The van der Waals surface area contributed by atoms with Crippen LogP contribution in [0, 0.1) is 0 Å². The second-order valence-corrected chi connectivity index (χ2v) is 3.71. The summed E-state index contributed by atoms with van der Waals surface area (Å²) in [7, 11) is 5.47. The number of benzene rings is 1. The summed E-state index contributed by atoms with van der Waals surface area (Å²) in [6.45, 7) is 0.776. The van der Waals surface area contributed by atoms with Gasteiger partial charge in [-0.1, -0.05) is 0 Å². The van der Waals surface area contributed by atoms with Crippen molar-refractivity contribution in [2.24, 2.45) is 0 Å². The maximum absolute atomic E-state index is 11.6. The number of nitrogens with zero attached hydrogens (tertiary/aromatic N) is 1. The third-order valence-corrected chi connectivity index (χ3v) is 2.20. The Hall–Kier alpha value is -1.59. The molecule has 0 aliphatic carbocycles. The van der Waals surface area contributed by atoms with Crippen molar-refractivity contribution in [3.05, 3.63) is 29.8 Å². The topological polar surface area (TPSA) is 50.8 Å². The lowest BCUT2D eigenvalue weighted by atomic mass is 10.2. The lowest BCUT2D eigenvalue weighted by molar-refractivity contribution is 0.00889. The number of carbonyl (C=O) groups excluding carboxylic acids is 1. The van der Waals surface area contributed by atoms with Crippen molar-refractivity contribution < 1.29 is 14.4 Å². The summed E-state index contributed by atoms with van der Waals surface area (Å²) in [4.78, 5) is 18.5. The minimum atomic E-state index is -0.258. The predicted molar refractivity (Wildman–Crippen MR) is 66.1 cm³/mol.